The molecule has 0 spiro atoms. The largest absolute Gasteiger partial charge is 0.376 e. The monoisotopic (exact) mass is 341 g/mol. The highest BCUT2D eigenvalue weighted by atomic mass is 32.2. The topological polar surface area (TPSA) is 73.2 Å². The van der Waals surface area contributed by atoms with Gasteiger partial charge in [0.2, 0.25) is 5.91 Å². The van der Waals surface area contributed by atoms with Crippen LogP contribution in [0.15, 0.2) is 14.8 Å². The first-order valence-corrected chi connectivity index (χ1v) is 9.36. The number of nitrogens with zero attached hydrogens (tertiary/aromatic N) is 2. The lowest BCUT2D eigenvalue weighted by atomic mass is 10.2. The average Bonchev–Trinajstić information content (AvgIpc) is 3.18. The van der Waals surface area contributed by atoms with E-state index < -0.39 is 0 Å². The summed E-state index contributed by atoms with van der Waals surface area (Å²) in [6.07, 6.45) is 3.04. The quantitative estimate of drug-likeness (QED) is 0.631. The van der Waals surface area contributed by atoms with Gasteiger partial charge in [0.1, 0.15) is 0 Å². The Hall–Kier alpha value is -0.990. The summed E-state index contributed by atoms with van der Waals surface area (Å²) in [5, 5.41) is 3.49. The fourth-order valence-electron chi connectivity index (χ4n) is 2.51. The van der Waals surface area contributed by atoms with E-state index in [0.29, 0.717) is 11.7 Å². The van der Waals surface area contributed by atoms with Crippen molar-refractivity contribution >= 4 is 29.4 Å². The van der Waals surface area contributed by atoms with Gasteiger partial charge in [-0.1, -0.05) is 11.8 Å². The van der Waals surface area contributed by atoms with Crippen molar-refractivity contribution in [3.8, 4) is 0 Å². The Morgan fingerprint density at radius 2 is 2.45 bits per heavy atom. The second-order valence-electron chi connectivity index (χ2n) is 5.36. The van der Waals surface area contributed by atoms with E-state index in [9.17, 15) is 9.59 Å². The number of rotatable bonds is 5. The summed E-state index contributed by atoms with van der Waals surface area (Å²) in [6.45, 7) is 1.35. The van der Waals surface area contributed by atoms with Crippen molar-refractivity contribution in [1.29, 1.82) is 0 Å². The molecule has 0 radical (unpaired) electrons. The number of thioether (sulfide) groups is 2. The molecule has 2 aliphatic rings. The third-order valence-electron chi connectivity index (χ3n) is 3.75. The van der Waals surface area contributed by atoms with Crippen molar-refractivity contribution in [1.82, 2.24) is 14.9 Å². The summed E-state index contributed by atoms with van der Waals surface area (Å²) in [4.78, 5) is 29.4. The molecule has 0 saturated carbocycles. The Morgan fingerprint density at radius 3 is 3.23 bits per heavy atom. The molecular weight excluding hydrogens is 322 g/mol. The molecule has 0 aliphatic carbocycles. The molecule has 0 bridgehead atoms. The van der Waals surface area contributed by atoms with Crippen LogP contribution in [0.1, 0.15) is 18.5 Å². The Balaban J connectivity index is 1.56. The maximum Gasteiger partial charge on any atom is 0.267 e. The molecule has 1 atom stereocenters. The fraction of sp³-hybridized carbons (Fsp3) is 0.643. The van der Waals surface area contributed by atoms with Crippen LogP contribution in [-0.2, 0) is 23.0 Å². The summed E-state index contributed by atoms with van der Waals surface area (Å²) >= 11 is 2.87. The molecule has 22 heavy (non-hydrogen) atoms. The smallest absolute Gasteiger partial charge is 0.267 e. The molecule has 1 saturated heterocycles. The first-order chi connectivity index (χ1) is 10.6. The number of fused-ring (bicyclic) bond motifs is 1. The zero-order valence-corrected chi connectivity index (χ0v) is 14.1. The molecular formula is C14H19N3O3S2. The van der Waals surface area contributed by atoms with Gasteiger partial charge in [-0.3, -0.25) is 14.2 Å². The van der Waals surface area contributed by atoms with Gasteiger partial charge in [0.15, 0.2) is 5.16 Å². The minimum atomic E-state index is -0.0513. The molecule has 0 unspecified atom stereocenters. The average molecular weight is 341 g/mol. The first kappa shape index (κ1) is 15.9. The van der Waals surface area contributed by atoms with Crippen molar-refractivity contribution in [2.24, 2.45) is 7.05 Å². The van der Waals surface area contributed by atoms with Crippen LogP contribution in [0.4, 0.5) is 0 Å². The van der Waals surface area contributed by atoms with E-state index in [-0.39, 0.29) is 23.3 Å². The van der Waals surface area contributed by atoms with Gasteiger partial charge in [-0.2, -0.15) is 0 Å². The Labute approximate surface area is 137 Å². The molecule has 3 rings (SSSR count). The summed E-state index contributed by atoms with van der Waals surface area (Å²) in [7, 11) is 1.71. The van der Waals surface area contributed by atoms with Crippen LogP contribution in [0.3, 0.4) is 0 Å². The van der Waals surface area contributed by atoms with Gasteiger partial charge < -0.3 is 10.1 Å². The molecule has 1 N–H and O–H groups in total. The van der Waals surface area contributed by atoms with Gasteiger partial charge in [-0.15, -0.1) is 11.8 Å². The number of aryl methyl sites for hydroxylation is 1. The lowest BCUT2D eigenvalue weighted by Gasteiger charge is -2.11. The molecule has 1 amide bonds. The van der Waals surface area contributed by atoms with Crippen molar-refractivity contribution in [2.75, 3.05) is 24.7 Å². The highest BCUT2D eigenvalue weighted by molar-refractivity contribution is 8.00. The number of aromatic nitrogens is 2. The third-order valence-corrected chi connectivity index (χ3v) is 5.88. The minimum Gasteiger partial charge on any atom is -0.376 e. The molecule has 1 fully saturated rings. The molecule has 3 heterocycles. The van der Waals surface area contributed by atoms with E-state index in [1.54, 1.807) is 18.8 Å². The third kappa shape index (κ3) is 3.49. The molecule has 6 nitrogen and oxygen atoms in total. The van der Waals surface area contributed by atoms with E-state index in [1.165, 1.54) is 16.3 Å². The van der Waals surface area contributed by atoms with Crippen LogP contribution in [0.2, 0.25) is 0 Å². The van der Waals surface area contributed by atoms with Crippen LogP contribution < -0.4 is 10.9 Å². The molecule has 1 aromatic rings. The van der Waals surface area contributed by atoms with Crippen molar-refractivity contribution < 1.29 is 9.53 Å². The maximum absolute atomic E-state index is 12.2. The van der Waals surface area contributed by atoms with E-state index in [2.05, 4.69) is 10.3 Å². The van der Waals surface area contributed by atoms with E-state index in [0.717, 1.165) is 42.2 Å². The van der Waals surface area contributed by atoms with Crippen LogP contribution in [0.25, 0.3) is 0 Å². The highest BCUT2D eigenvalue weighted by Crippen LogP contribution is 2.28. The number of carbonyl (C=O) groups excluding carboxylic acids is 1. The molecule has 8 heteroatoms. The first-order valence-electron chi connectivity index (χ1n) is 7.39. The molecule has 0 aromatic carbocycles. The van der Waals surface area contributed by atoms with Crippen LogP contribution in [-0.4, -0.2) is 46.2 Å². The van der Waals surface area contributed by atoms with Gasteiger partial charge in [-0.25, -0.2) is 4.98 Å². The molecule has 1 aromatic heterocycles. The zero-order valence-electron chi connectivity index (χ0n) is 12.5. The predicted molar refractivity (Wildman–Crippen MR) is 86.6 cm³/mol. The number of hydrogen-bond donors (Lipinski definition) is 1. The van der Waals surface area contributed by atoms with Gasteiger partial charge >= 0.3 is 0 Å². The fourth-order valence-corrected chi connectivity index (χ4v) is 4.40. The van der Waals surface area contributed by atoms with E-state index in [4.69, 9.17) is 4.74 Å². The van der Waals surface area contributed by atoms with Gasteiger partial charge in [0.05, 0.1) is 22.4 Å². The van der Waals surface area contributed by atoms with Crippen LogP contribution >= 0.6 is 23.5 Å². The second kappa shape index (κ2) is 7.06. The summed E-state index contributed by atoms with van der Waals surface area (Å²) in [5.74, 6) is 1.12. The van der Waals surface area contributed by atoms with Crippen LogP contribution in [0.5, 0.6) is 0 Å². The predicted octanol–water partition coefficient (Wildman–Crippen LogP) is 0.816. The number of hydrogen-bond acceptors (Lipinski definition) is 6. The summed E-state index contributed by atoms with van der Waals surface area (Å²) in [5.41, 5.74) is 0.866. The lowest BCUT2D eigenvalue weighted by molar-refractivity contribution is -0.119. The van der Waals surface area contributed by atoms with Crippen LogP contribution in [0, 0.1) is 0 Å². The Kier molecular flexibility index (Phi) is 5.10. The van der Waals surface area contributed by atoms with Gasteiger partial charge in [0, 0.05) is 32.4 Å². The van der Waals surface area contributed by atoms with Gasteiger partial charge in [0.25, 0.3) is 5.56 Å². The second-order valence-corrected chi connectivity index (χ2v) is 7.41. The summed E-state index contributed by atoms with van der Waals surface area (Å²) in [6, 6.07) is 0. The molecule has 120 valence electrons. The molecule has 2 aliphatic heterocycles. The normalized spacial score (nSPS) is 20.1. The van der Waals surface area contributed by atoms with E-state index in [1.807, 2.05) is 0 Å². The SMILES string of the molecule is Cn1c(SCC(=O)NC[C@@H]2CCCO2)nc2c(c1=O)SCC2. The van der Waals surface area contributed by atoms with Gasteiger partial charge in [-0.05, 0) is 12.8 Å². The van der Waals surface area contributed by atoms with Crippen molar-refractivity contribution in [2.45, 2.75) is 35.4 Å². The number of carbonyl (C=O) groups is 1. The van der Waals surface area contributed by atoms with E-state index >= 15 is 0 Å². The van der Waals surface area contributed by atoms with Crippen molar-refractivity contribution in [3.05, 3.63) is 16.0 Å². The zero-order chi connectivity index (χ0) is 15.5. The Bertz CT molecular complexity index is 626. The minimum absolute atomic E-state index is 0.00485. The number of nitrogens with one attached hydrogen (secondary N) is 1. The lowest BCUT2D eigenvalue weighted by Crippen LogP contribution is -2.33. The number of amides is 1. The Morgan fingerprint density at radius 1 is 1.59 bits per heavy atom. The van der Waals surface area contributed by atoms with Crippen molar-refractivity contribution in [3.63, 3.8) is 0 Å². The number of ether oxygens (including phenoxy) is 1. The maximum atomic E-state index is 12.2. The summed E-state index contributed by atoms with van der Waals surface area (Å²) < 4.78 is 7.01. The standard InChI is InChI=1S/C14H19N3O3S2/c1-17-13(19)12-10(4-6-21-12)16-14(17)22-8-11(18)15-7-9-3-2-5-20-9/h9H,2-8H2,1H3,(H,15,18)/t9-/m0/s1. The highest BCUT2D eigenvalue weighted by Gasteiger charge is 2.21.